The summed E-state index contributed by atoms with van der Waals surface area (Å²) in [7, 11) is 0. The highest BCUT2D eigenvalue weighted by atomic mass is 35.5. The standard InChI is InChI=1S/C18H25ClN2/c1-13-2-4-14(5-3-13)8-9-20-11-15-12-21-18-10-16(19)6-7-17(15)18/h6-7,10,12-14,20-21H,2-5,8-9,11H2,1H3. The molecule has 0 spiro atoms. The van der Waals surface area contributed by atoms with E-state index in [0.29, 0.717) is 0 Å². The fourth-order valence-corrected chi connectivity index (χ4v) is 3.62. The van der Waals surface area contributed by atoms with Gasteiger partial charge in [-0.3, -0.25) is 0 Å². The maximum atomic E-state index is 6.02. The van der Waals surface area contributed by atoms with Gasteiger partial charge in [0.05, 0.1) is 0 Å². The van der Waals surface area contributed by atoms with Gasteiger partial charge in [-0.1, -0.05) is 50.3 Å². The summed E-state index contributed by atoms with van der Waals surface area (Å²) in [5.74, 6) is 1.89. The van der Waals surface area contributed by atoms with Gasteiger partial charge in [-0.15, -0.1) is 0 Å². The number of fused-ring (bicyclic) bond motifs is 1. The average molecular weight is 305 g/mol. The first kappa shape index (κ1) is 14.9. The lowest BCUT2D eigenvalue weighted by Crippen LogP contribution is -2.20. The van der Waals surface area contributed by atoms with Crippen LogP contribution >= 0.6 is 11.6 Å². The molecule has 1 aliphatic carbocycles. The largest absolute Gasteiger partial charge is 0.361 e. The quantitative estimate of drug-likeness (QED) is 0.737. The van der Waals surface area contributed by atoms with Crippen molar-refractivity contribution in [1.82, 2.24) is 10.3 Å². The molecule has 1 aromatic heterocycles. The van der Waals surface area contributed by atoms with Gasteiger partial charge >= 0.3 is 0 Å². The van der Waals surface area contributed by atoms with Crippen LogP contribution in [0.2, 0.25) is 5.02 Å². The topological polar surface area (TPSA) is 27.8 Å². The summed E-state index contributed by atoms with van der Waals surface area (Å²) in [5, 5.41) is 5.66. The van der Waals surface area contributed by atoms with Crippen LogP contribution in [0, 0.1) is 11.8 Å². The minimum absolute atomic E-state index is 0.787. The van der Waals surface area contributed by atoms with Gasteiger partial charge in [0.1, 0.15) is 0 Å². The summed E-state index contributed by atoms with van der Waals surface area (Å²) in [6, 6.07) is 6.06. The first-order chi connectivity index (χ1) is 10.2. The Kier molecular flexibility index (Phi) is 4.87. The molecule has 0 saturated heterocycles. The molecule has 0 amide bonds. The van der Waals surface area contributed by atoms with E-state index in [0.717, 1.165) is 35.5 Å². The lowest BCUT2D eigenvalue weighted by Gasteiger charge is -2.26. The maximum absolute atomic E-state index is 6.02. The van der Waals surface area contributed by atoms with E-state index in [4.69, 9.17) is 11.6 Å². The molecule has 0 atom stereocenters. The van der Waals surface area contributed by atoms with E-state index in [-0.39, 0.29) is 0 Å². The van der Waals surface area contributed by atoms with Crippen molar-refractivity contribution in [3.05, 3.63) is 35.0 Å². The van der Waals surface area contributed by atoms with E-state index in [9.17, 15) is 0 Å². The Labute approximate surface area is 132 Å². The molecule has 0 bridgehead atoms. The molecule has 1 saturated carbocycles. The number of halogens is 1. The van der Waals surface area contributed by atoms with E-state index >= 15 is 0 Å². The zero-order chi connectivity index (χ0) is 14.7. The minimum Gasteiger partial charge on any atom is -0.361 e. The highest BCUT2D eigenvalue weighted by Gasteiger charge is 2.17. The first-order valence-corrected chi connectivity index (χ1v) is 8.56. The van der Waals surface area contributed by atoms with Crippen molar-refractivity contribution < 1.29 is 0 Å². The predicted molar refractivity (Wildman–Crippen MR) is 90.8 cm³/mol. The Morgan fingerprint density at radius 2 is 2.05 bits per heavy atom. The number of aromatic amines is 1. The van der Waals surface area contributed by atoms with Gasteiger partial charge < -0.3 is 10.3 Å². The number of rotatable bonds is 5. The Balaban J connectivity index is 1.46. The Morgan fingerprint density at radius 3 is 2.86 bits per heavy atom. The molecule has 3 heteroatoms. The van der Waals surface area contributed by atoms with Crippen molar-refractivity contribution >= 4 is 22.5 Å². The second kappa shape index (κ2) is 6.85. The van der Waals surface area contributed by atoms with Gasteiger partial charge in [-0.05, 0) is 42.5 Å². The van der Waals surface area contributed by atoms with Crippen LogP contribution in [0.1, 0.15) is 44.6 Å². The minimum atomic E-state index is 0.787. The molecule has 2 N–H and O–H groups in total. The van der Waals surface area contributed by atoms with Gasteiger partial charge in [0, 0.05) is 28.7 Å². The van der Waals surface area contributed by atoms with Crippen molar-refractivity contribution in [2.24, 2.45) is 11.8 Å². The number of H-pyrrole nitrogens is 1. The molecule has 1 heterocycles. The van der Waals surface area contributed by atoms with Gasteiger partial charge in [-0.2, -0.15) is 0 Å². The third-order valence-corrected chi connectivity index (χ3v) is 5.14. The van der Waals surface area contributed by atoms with Gasteiger partial charge in [0.15, 0.2) is 0 Å². The molecule has 114 valence electrons. The predicted octanol–water partition coefficient (Wildman–Crippen LogP) is 5.13. The highest BCUT2D eigenvalue weighted by molar-refractivity contribution is 6.31. The molecule has 21 heavy (non-hydrogen) atoms. The van der Waals surface area contributed by atoms with E-state index in [2.05, 4.69) is 29.5 Å². The molecule has 1 fully saturated rings. The van der Waals surface area contributed by atoms with Crippen LogP contribution in [0.3, 0.4) is 0 Å². The van der Waals surface area contributed by atoms with Crippen LogP contribution in [0.15, 0.2) is 24.4 Å². The normalized spacial score (nSPS) is 22.8. The van der Waals surface area contributed by atoms with Crippen LogP contribution in [-0.4, -0.2) is 11.5 Å². The van der Waals surface area contributed by atoms with Crippen molar-refractivity contribution in [2.75, 3.05) is 6.54 Å². The van der Waals surface area contributed by atoms with Crippen molar-refractivity contribution in [3.63, 3.8) is 0 Å². The monoisotopic (exact) mass is 304 g/mol. The zero-order valence-corrected chi connectivity index (χ0v) is 13.5. The smallest absolute Gasteiger partial charge is 0.0472 e. The summed E-state index contributed by atoms with van der Waals surface area (Å²) in [6.07, 6.45) is 9.11. The highest BCUT2D eigenvalue weighted by Crippen LogP contribution is 2.30. The van der Waals surface area contributed by atoms with E-state index in [1.807, 2.05) is 12.1 Å². The molecule has 2 nitrogen and oxygen atoms in total. The average Bonchev–Trinajstić information content (AvgIpc) is 2.87. The van der Waals surface area contributed by atoms with Crippen molar-refractivity contribution in [2.45, 2.75) is 45.6 Å². The number of hydrogen-bond acceptors (Lipinski definition) is 1. The summed E-state index contributed by atoms with van der Waals surface area (Å²) in [6.45, 7) is 4.45. The summed E-state index contributed by atoms with van der Waals surface area (Å²) < 4.78 is 0. The Morgan fingerprint density at radius 1 is 1.24 bits per heavy atom. The molecule has 0 aliphatic heterocycles. The fourth-order valence-electron chi connectivity index (χ4n) is 3.45. The maximum Gasteiger partial charge on any atom is 0.0472 e. The number of aromatic nitrogens is 1. The number of nitrogens with one attached hydrogen (secondary N) is 2. The van der Waals surface area contributed by atoms with Crippen LogP contribution in [-0.2, 0) is 6.54 Å². The van der Waals surface area contributed by atoms with Crippen LogP contribution in [0.5, 0.6) is 0 Å². The molecule has 2 aromatic rings. The lowest BCUT2D eigenvalue weighted by molar-refractivity contribution is 0.275. The van der Waals surface area contributed by atoms with Crippen LogP contribution < -0.4 is 5.32 Å². The molecule has 3 rings (SSSR count). The van der Waals surface area contributed by atoms with Gasteiger partial charge in [0.25, 0.3) is 0 Å². The van der Waals surface area contributed by atoms with Crippen LogP contribution in [0.4, 0.5) is 0 Å². The fraction of sp³-hybridized carbons (Fsp3) is 0.556. The summed E-state index contributed by atoms with van der Waals surface area (Å²) in [4.78, 5) is 3.30. The molecule has 0 radical (unpaired) electrons. The SMILES string of the molecule is CC1CCC(CCNCc2c[nH]c3cc(Cl)ccc23)CC1. The third-order valence-electron chi connectivity index (χ3n) is 4.91. The number of benzene rings is 1. The van der Waals surface area contributed by atoms with Crippen molar-refractivity contribution in [1.29, 1.82) is 0 Å². The summed E-state index contributed by atoms with van der Waals surface area (Å²) >= 11 is 6.02. The summed E-state index contributed by atoms with van der Waals surface area (Å²) in [5.41, 5.74) is 2.46. The second-order valence-electron chi connectivity index (χ2n) is 6.60. The lowest BCUT2D eigenvalue weighted by atomic mass is 9.81. The molecular weight excluding hydrogens is 280 g/mol. The van der Waals surface area contributed by atoms with Crippen molar-refractivity contribution in [3.8, 4) is 0 Å². The van der Waals surface area contributed by atoms with E-state index in [1.54, 1.807) is 0 Å². The second-order valence-corrected chi connectivity index (χ2v) is 7.03. The van der Waals surface area contributed by atoms with E-state index in [1.165, 1.54) is 43.1 Å². The molecule has 0 unspecified atom stereocenters. The van der Waals surface area contributed by atoms with Gasteiger partial charge in [-0.25, -0.2) is 0 Å². The van der Waals surface area contributed by atoms with Crippen LogP contribution in [0.25, 0.3) is 10.9 Å². The Bertz CT molecular complexity index is 582. The van der Waals surface area contributed by atoms with Gasteiger partial charge in [0.2, 0.25) is 0 Å². The molecule has 1 aliphatic rings. The number of hydrogen-bond donors (Lipinski definition) is 2. The van der Waals surface area contributed by atoms with E-state index < -0.39 is 0 Å². The zero-order valence-electron chi connectivity index (χ0n) is 12.8. The molecular formula is C18H25ClN2. The Hall–Kier alpha value is -0.990. The molecule has 1 aromatic carbocycles. The first-order valence-electron chi connectivity index (χ1n) is 8.18. The third kappa shape index (κ3) is 3.81.